The standard InChI is InChI=1S/C33H46IN15O22P4S/c1-3-49-19-27(43-33(37)45-29(19)54)46(8-34-49)30-21(52)20(51)14(67-30)6-63-72(55,56)70-74(59,60)71-73(57,58)64-7-15-22(62-2)23(31(68-15)48-11-40-17-24(35)38-9-39-25(17)48)69-75(61,76)65-5-13-12(50)4-16(66-13)47-10-41-18-26(47)42-32(36)44-28(18)53/h8-16,20-23,30-31,50-52H,3-7H2,1-2H3,(H,55,56)(H,57,58)(H,59,60)(H,61,76)(H2,35,38,39)(H3,36,42,44,53)(H3,37,43,45,54)/t12-,13+,14+,15+,16+,20+,21+,22+,23+,30+,31+,75?/m0/s1. The number of aromatic nitrogens is 10. The molecular weight excluding hydrogens is 1240 g/mol. The molecule has 4 aliphatic rings. The summed E-state index contributed by atoms with van der Waals surface area (Å²) in [5, 5.41) is 32.6. The summed E-state index contributed by atoms with van der Waals surface area (Å²) in [5.74, 6) is -0.551. The van der Waals surface area contributed by atoms with Crippen LogP contribution in [0, 0.1) is 0 Å². The van der Waals surface area contributed by atoms with Crippen LogP contribution in [0.1, 0.15) is 25.8 Å². The Balaban J connectivity index is 0.836. The lowest BCUT2D eigenvalue weighted by Crippen LogP contribution is -2.46. The first-order valence-electron chi connectivity index (χ1n) is 21.8. The molecule has 0 aromatic carbocycles. The van der Waals surface area contributed by atoms with E-state index in [1.54, 1.807) is 14.2 Å². The lowest BCUT2D eigenvalue weighted by atomic mass is 10.1. The molecule has 3 fully saturated rings. The fourth-order valence-electron chi connectivity index (χ4n) is 8.29. The Kier molecular flexibility index (Phi) is 16.4. The number of anilines is 5. The van der Waals surface area contributed by atoms with Crippen LogP contribution in [0.25, 0.3) is 22.3 Å². The zero-order chi connectivity index (χ0) is 54.8. The van der Waals surface area contributed by atoms with E-state index >= 15 is 0 Å². The van der Waals surface area contributed by atoms with Gasteiger partial charge in [-0.05, 0) is 18.7 Å². The molecule has 43 heteroatoms. The van der Waals surface area contributed by atoms with Crippen LogP contribution < -0.4 is 36.3 Å². The molecule has 0 spiro atoms. The Hall–Kier alpha value is -3.96. The highest BCUT2D eigenvalue weighted by Crippen LogP contribution is 2.68. The van der Waals surface area contributed by atoms with E-state index in [4.69, 9.17) is 66.1 Å². The molecule has 0 saturated carbocycles. The molecule has 3 saturated heterocycles. The van der Waals surface area contributed by atoms with Crippen LogP contribution in [0.15, 0.2) is 28.6 Å². The monoisotopic (exact) mass is 1290 g/mol. The van der Waals surface area contributed by atoms with Crippen molar-refractivity contribution in [1.82, 2.24) is 49.0 Å². The number of methoxy groups -OCH3 is 1. The average Bonchev–Trinajstić information content (AvgIpc) is 4.17. The molecule has 37 nitrogen and oxygen atoms in total. The van der Waals surface area contributed by atoms with Crippen molar-refractivity contribution in [2.45, 2.75) is 80.9 Å². The normalized spacial score (nSPS) is 30.0. The van der Waals surface area contributed by atoms with Crippen molar-refractivity contribution >= 4 is 119 Å². The number of nitrogens with two attached hydrogens (primary N) is 3. The van der Waals surface area contributed by atoms with Crippen LogP contribution in [0.5, 0.6) is 0 Å². The minimum absolute atomic E-state index is 0.0263. The molecule has 15 N–H and O–H groups in total. The van der Waals surface area contributed by atoms with E-state index in [9.17, 15) is 58.2 Å². The number of aromatic amines is 2. The molecule has 9 heterocycles. The Morgan fingerprint density at radius 3 is 2.09 bits per heavy atom. The summed E-state index contributed by atoms with van der Waals surface area (Å²) in [5.41, 5.74) is 16.5. The molecule has 76 heavy (non-hydrogen) atoms. The second-order valence-corrected chi connectivity index (χ2v) is 26.2. The van der Waals surface area contributed by atoms with E-state index < -0.39 is 150 Å². The number of halogens is 1. The van der Waals surface area contributed by atoms with Gasteiger partial charge in [0.2, 0.25) is 11.9 Å². The maximum absolute atomic E-state index is 13.2. The topological polar surface area (TPSA) is 523 Å². The van der Waals surface area contributed by atoms with Gasteiger partial charge in [-0.2, -0.15) is 18.6 Å². The highest BCUT2D eigenvalue weighted by molar-refractivity contribution is 14.2. The molecule has 418 valence electrons. The van der Waals surface area contributed by atoms with Crippen LogP contribution in [0.4, 0.5) is 29.2 Å². The van der Waals surface area contributed by atoms with Gasteiger partial charge in [0.15, 0.2) is 46.6 Å². The number of imidazole rings is 2. The molecule has 5 aromatic heterocycles. The molecule has 4 aliphatic heterocycles. The van der Waals surface area contributed by atoms with Crippen LogP contribution >= 0.6 is 51.2 Å². The third-order valence-corrected chi connectivity index (χ3v) is 20.1. The Labute approximate surface area is 439 Å². The van der Waals surface area contributed by atoms with Gasteiger partial charge in [-0.25, -0.2) is 33.6 Å². The number of ether oxygens (including phenoxy) is 4. The van der Waals surface area contributed by atoms with E-state index in [1.807, 2.05) is 0 Å². The predicted molar refractivity (Wildman–Crippen MR) is 268 cm³/mol. The summed E-state index contributed by atoms with van der Waals surface area (Å²) < 4.78 is 98.2. The summed E-state index contributed by atoms with van der Waals surface area (Å²) in [7, 11) is -16.6. The summed E-state index contributed by atoms with van der Waals surface area (Å²) in [4.78, 5) is 98.5. The molecule has 0 bridgehead atoms. The van der Waals surface area contributed by atoms with Gasteiger partial charge in [0.1, 0.15) is 60.8 Å². The van der Waals surface area contributed by atoms with Gasteiger partial charge in [0.05, 0.1) is 42.7 Å². The highest BCUT2D eigenvalue weighted by atomic mass is 127. The van der Waals surface area contributed by atoms with E-state index in [2.05, 4.69) is 48.5 Å². The number of aliphatic hydroxyl groups excluding tert-OH is 3. The maximum atomic E-state index is 13.2. The number of nitrogens with zero attached hydrogens (tertiary/aromatic N) is 10. The highest BCUT2D eigenvalue weighted by Gasteiger charge is 2.53. The summed E-state index contributed by atoms with van der Waals surface area (Å²) >= 11 is 4.31. The van der Waals surface area contributed by atoms with E-state index in [0.717, 1.165) is 13.4 Å². The zero-order valence-corrected chi connectivity index (χ0v) is 45.3. The number of phosphoric ester groups is 2. The number of H-pyrrole nitrogens is 2. The van der Waals surface area contributed by atoms with Crippen molar-refractivity contribution < 1.29 is 94.3 Å². The molecule has 4 unspecified atom stereocenters. The molecule has 0 radical (unpaired) electrons. The van der Waals surface area contributed by atoms with Crippen LogP contribution in [-0.2, 0) is 71.2 Å². The Morgan fingerprint density at radius 2 is 1.39 bits per heavy atom. The summed E-state index contributed by atoms with van der Waals surface area (Å²) in [6, 6.07) is 0. The molecular formula is C33H46IN15O22P4S. The van der Waals surface area contributed by atoms with Gasteiger partial charge in [-0.15, -0.1) is 0 Å². The summed E-state index contributed by atoms with van der Waals surface area (Å²) in [6.45, 7) is -5.00. The molecule has 5 aromatic rings. The average molecular weight is 1290 g/mol. The first-order chi connectivity index (χ1) is 35.8. The molecule has 9 rings (SSSR count). The van der Waals surface area contributed by atoms with E-state index in [-0.39, 0.29) is 58.0 Å². The quantitative estimate of drug-likeness (QED) is 0.0223. The molecule has 15 atom stereocenters. The van der Waals surface area contributed by atoms with E-state index in [0.29, 0.717) is 6.54 Å². The van der Waals surface area contributed by atoms with Gasteiger partial charge in [0.25, 0.3) is 11.1 Å². The van der Waals surface area contributed by atoms with Crippen molar-refractivity contribution in [2.75, 3.05) is 58.7 Å². The smallest absolute Gasteiger partial charge is 0.390 e. The fourth-order valence-corrected chi connectivity index (χ4v) is 15.5. The number of nitrogen functional groups attached to an aromatic ring is 3. The van der Waals surface area contributed by atoms with E-state index in [1.165, 1.54) is 26.7 Å². The van der Waals surface area contributed by atoms with Gasteiger partial charge >= 0.3 is 30.2 Å². The number of phosphoric acid groups is 3. The number of aliphatic hydroxyl groups is 3. The zero-order valence-electron chi connectivity index (χ0n) is 38.7. The number of fused-ring (bicyclic) bond motifs is 3. The minimum atomic E-state index is -6.12. The largest absolute Gasteiger partial charge is 0.490 e. The number of rotatable bonds is 20. The summed E-state index contributed by atoms with van der Waals surface area (Å²) in [6.07, 6.45) is -12.5. The van der Waals surface area contributed by atoms with Gasteiger partial charge < -0.3 is 78.7 Å². The van der Waals surface area contributed by atoms with Gasteiger partial charge in [-0.3, -0.25) is 47.2 Å². The SMILES string of the molecule is CCN1I=CN([C@@H]2O[C@H](COP(=O)(O)OP(=O)(O)OP(=O)(O)OC[C@H]3O[C@@H](n4cnc5c(N)ncnc54)[C@H](OP(O)(=S)OC[C@H]4O[C@@H](n5cnc6c(=O)[nH]c(N)nc65)C[C@@H]4O)[C@@H]3OC)[C@@H](O)[C@H]2O)c2nc(N)[nH]c(=O)c21. The van der Waals surface area contributed by atoms with Gasteiger partial charge in [0, 0.05) is 41.1 Å². The first-order valence-corrected chi connectivity index (χ1v) is 31.0. The second-order valence-electron chi connectivity index (χ2n) is 16.5. The minimum Gasteiger partial charge on any atom is -0.390 e. The third-order valence-electron chi connectivity index (χ3n) is 11.6. The lowest BCUT2D eigenvalue weighted by molar-refractivity contribution is -0.0547. The van der Waals surface area contributed by atoms with Crippen LogP contribution in [0.3, 0.4) is 0 Å². The van der Waals surface area contributed by atoms with Crippen molar-refractivity contribution in [2.24, 2.45) is 0 Å². The van der Waals surface area contributed by atoms with Crippen molar-refractivity contribution in [1.29, 1.82) is 0 Å². The van der Waals surface area contributed by atoms with Crippen LogP contribution in [0.2, 0.25) is 0 Å². The fraction of sp³-hybridized carbons (Fsp3) is 0.545. The van der Waals surface area contributed by atoms with Crippen molar-refractivity contribution in [3.8, 4) is 0 Å². The maximum Gasteiger partial charge on any atom is 0.490 e. The van der Waals surface area contributed by atoms with Gasteiger partial charge in [-0.1, -0.05) is 0 Å². The molecule has 0 aliphatic carbocycles. The number of nitrogens with one attached hydrogen (secondary N) is 2. The Morgan fingerprint density at radius 1 is 0.763 bits per heavy atom. The Bertz CT molecular complexity index is 3360. The van der Waals surface area contributed by atoms with Crippen molar-refractivity contribution in [3.05, 3.63) is 39.7 Å². The number of hydrogen-bond donors (Lipinski definition) is 12. The first kappa shape index (κ1) is 56.7. The predicted octanol–water partition coefficient (Wildman–Crippen LogP) is -2.22. The lowest BCUT2D eigenvalue weighted by Gasteiger charge is -2.34. The van der Waals surface area contributed by atoms with Crippen molar-refractivity contribution in [3.63, 3.8) is 0 Å². The van der Waals surface area contributed by atoms with Crippen LogP contribution in [-0.4, -0.2) is 177 Å². The third kappa shape index (κ3) is 11.8. The second kappa shape index (κ2) is 21.9. The number of hydrogen-bond acceptors (Lipinski definition) is 30. The molecule has 0 amide bonds.